The lowest BCUT2D eigenvalue weighted by Crippen LogP contribution is -2.65. The molecule has 0 radical (unpaired) electrons. The third-order valence-electron chi connectivity index (χ3n) is 11.3. The second kappa shape index (κ2) is 40.8. The van der Waals surface area contributed by atoms with Crippen molar-refractivity contribution in [1.82, 2.24) is 36.8 Å². The van der Waals surface area contributed by atoms with Crippen LogP contribution in [0.15, 0.2) is 23.7 Å². The van der Waals surface area contributed by atoms with Gasteiger partial charge in [0.15, 0.2) is 36.3 Å². The summed E-state index contributed by atoms with van der Waals surface area (Å²) >= 11 is 0. The van der Waals surface area contributed by atoms with Gasteiger partial charge in [-0.25, -0.2) is 19.2 Å². The molecule has 5 amide bonds. The van der Waals surface area contributed by atoms with E-state index in [2.05, 4.69) is 37.8 Å². The van der Waals surface area contributed by atoms with Crippen molar-refractivity contribution >= 4 is 53.8 Å². The zero-order valence-electron chi connectivity index (χ0n) is 46.0. The zero-order valence-corrected chi connectivity index (χ0v) is 46.0. The number of alkyl carbamates (subject to hydrolysis) is 2. The van der Waals surface area contributed by atoms with Crippen LogP contribution in [0.3, 0.4) is 0 Å². The number of nitrogens with zero attached hydrogens (tertiary/aromatic N) is 1. The average molecular weight is 1190 g/mol. The maximum absolute atomic E-state index is 13.3. The van der Waals surface area contributed by atoms with Crippen molar-refractivity contribution in [1.29, 1.82) is 10.8 Å². The second-order valence-electron chi connectivity index (χ2n) is 17.6. The predicted molar refractivity (Wildman–Crippen MR) is 283 cm³/mol. The molecule has 83 heavy (non-hydrogen) atoms. The number of aliphatic hydroxyl groups is 4. The molecule has 0 unspecified atom stereocenters. The molecule has 0 aliphatic carbocycles. The number of nitrogens with two attached hydrogens (primary N) is 2. The van der Waals surface area contributed by atoms with Crippen LogP contribution in [-0.2, 0) is 76.1 Å². The minimum absolute atomic E-state index is 0.0163. The van der Waals surface area contributed by atoms with Crippen LogP contribution >= 0.6 is 0 Å². The molecule has 0 aromatic heterocycles. The van der Waals surface area contributed by atoms with Crippen LogP contribution in [0.25, 0.3) is 0 Å². The van der Waals surface area contributed by atoms with Crippen LogP contribution < -0.4 is 43.4 Å². The molecule has 2 aliphatic rings. The number of terminal acetylenes is 1. The maximum Gasteiger partial charge on any atom is 0.407 e. The molecule has 18 N–H and O–H groups in total. The highest BCUT2D eigenvalue weighted by Gasteiger charge is 2.48. The summed E-state index contributed by atoms with van der Waals surface area (Å²) in [5, 5.41) is 90.2. The summed E-state index contributed by atoms with van der Waals surface area (Å²) in [7, 11) is 0. The Hall–Kier alpha value is -7.37. The molecule has 0 saturated heterocycles. The highest BCUT2D eigenvalue weighted by atomic mass is 16.6. The molecule has 0 fully saturated rings. The van der Waals surface area contributed by atoms with E-state index >= 15 is 0 Å². The molecule has 2 aliphatic heterocycles. The van der Waals surface area contributed by atoms with Crippen molar-refractivity contribution in [2.45, 2.75) is 81.1 Å². The highest BCUT2D eigenvalue weighted by molar-refractivity contribution is 5.86. The summed E-state index contributed by atoms with van der Waals surface area (Å²) in [5.41, 5.74) is 10.9. The number of hydrogen-bond acceptors (Lipinski definition) is 24. The van der Waals surface area contributed by atoms with E-state index in [0.717, 1.165) is 26.0 Å². The van der Waals surface area contributed by atoms with E-state index in [1.165, 1.54) is 4.90 Å². The SMILES string of the molecule is C#CCOCCOCCOCCOCCC(=O)N(CCOCCNC(=O)O[C@@H]([C@@H]1OC(C(=O)O)=C[C@H](NC(=N)N)[C@H]1NC(C)=O)[C@H](O)CO)CCOCCOCCNC(=O)O[C@@H]([C@@H]1OC(C(=O)O)=C[C@H](NC(=N)N)[C@H]1NC(C)=O)[C@H](O)CO. The molecule has 0 aromatic carbocycles. The van der Waals surface area contributed by atoms with Gasteiger partial charge < -0.3 is 131 Å². The van der Waals surface area contributed by atoms with E-state index in [-0.39, 0.29) is 105 Å². The van der Waals surface area contributed by atoms with Gasteiger partial charge >= 0.3 is 24.1 Å². The lowest BCUT2D eigenvalue weighted by atomic mass is 9.92. The van der Waals surface area contributed by atoms with Gasteiger partial charge in [0, 0.05) is 40.0 Å². The van der Waals surface area contributed by atoms with Crippen molar-refractivity contribution in [2.75, 3.05) is 132 Å². The number of carbonyl (C=O) groups is 7. The standard InChI is InChI=1S/C48H79N11O24/c1-4-10-73-16-20-78-22-23-79-21-17-74-11-5-36(66)59(8-14-75-12-6-53-47(71)82-39(32(64)26-60)41-37(55-28(2)62)30(57-45(49)50)24-34(80-41)43(67)68)9-15-77-19-18-76-13-7-54-48(72)83-40(33(65)27-61)42-38(56-29(3)63)31(58-46(51)52)25-35(81-42)44(69)70/h1,24-25,30-33,37-42,60-61,64-65H,5-23,26-27H2,2-3H3,(H,53,71)(H,54,72)(H,55,62)(H,56,63)(H,67,68)(H,69,70)(H4,49,50,57)(H4,51,52,58)/t30-,31-,32+,33+,37+,38+,39+,40+,41+,42+/m0/s1. The van der Waals surface area contributed by atoms with Crippen molar-refractivity contribution in [2.24, 2.45) is 11.5 Å². The first kappa shape index (κ1) is 71.7. The fraction of sp³-hybridized carbons (Fsp3) is 0.688. The number of carboxylic acids is 2. The third kappa shape index (κ3) is 28.9. The Labute approximate surface area is 477 Å². The van der Waals surface area contributed by atoms with E-state index in [4.69, 9.17) is 80.8 Å². The lowest BCUT2D eigenvalue weighted by Gasteiger charge is -2.41. The van der Waals surface area contributed by atoms with Gasteiger partial charge in [-0.05, 0) is 12.2 Å². The smallest absolute Gasteiger partial charge is 0.407 e. The summed E-state index contributed by atoms with van der Waals surface area (Å²) in [6.45, 7) is 1.89. The number of aliphatic carboxylic acids is 2. The predicted octanol–water partition coefficient (Wildman–Crippen LogP) is -6.70. The van der Waals surface area contributed by atoms with Crippen molar-refractivity contribution < 1.29 is 116 Å². The Morgan fingerprint density at radius 2 is 0.964 bits per heavy atom. The molecule has 0 saturated carbocycles. The molecule has 2 heterocycles. The number of carbonyl (C=O) groups excluding carboxylic acids is 5. The summed E-state index contributed by atoms with van der Waals surface area (Å²) in [4.78, 5) is 88.7. The monoisotopic (exact) mass is 1190 g/mol. The Morgan fingerprint density at radius 3 is 1.33 bits per heavy atom. The number of hydrogen-bond donors (Lipinski definition) is 16. The fourth-order valence-electron chi connectivity index (χ4n) is 7.64. The topological polar surface area (TPSA) is 518 Å². The zero-order chi connectivity index (χ0) is 61.7. The van der Waals surface area contributed by atoms with Gasteiger partial charge in [-0.3, -0.25) is 25.2 Å². The Bertz CT molecular complexity index is 2170. The Balaban J connectivity index is 1.95. The summed E-state index contributed by atoms with van der Waals surface area (Å²) in [6, 6.07) is -4.94. The van der Waals surface area contributed by atoms with Gasteiger partial charge in [-0.1, -0.05) is 5.92 Å². The van der Waals surface area contributed by atoms with Gasteiger partial charge in [0.1, 0.15) is 18.8 Å². The molecule has 470 valence electrons. The molecule has 10 atom stereocenters. The number of ether oxygens (including phenoxy) is 11. The molecule has 0 bridgehead atoms. The molecule has 35 heteroatoms. The normalized spacial score (nSPS) is 19.6. The van der Waals surface area contributed by atoms with Crippen molar-refractivity contribution in [3.63, 3.8) is 0 Å². The van der Waals surface area contributed by atoms with E-state index in [1.807, 2.05) is 0 Å². The Morgan fingerprint density at radius 1 is 0.602 bits per heavy atom. The van der Waals surface area contributed by atoms with E-state index in [9.17, 15) is 64.2 Å². The minimum atomic E-state index is -1.86. The van der Waals surface area contributed by atoms with Crippen LogP contribution in [0.2, 0.25) is 0 Å². The number of amides is 5. The third-order valence-corrected chi connectivity index (χ3v) is 11.3. The van der Waals surface area contributed by atoms with E-state index < -0.39 is 133 Å². The summed E-state index contributed by atoms with van der Waals surface area (Å²) in [5.74, 6) is -5.01. The first-order chi connectivity index (χ1) is 39.6. The van der Waals surface area contributed by atoms with Crippen LogP contribution in [0.1, 0.15) is 20.3 Å². The molecular weight excluding hydrogens is 1110 g/mol. The molecule has 35 nitrogen and oxygen atoms in total. The number of guanidine groups is 2. The van der Waals surface area contributed by atoms with Crippen molar-refractivity contribution in [3.8, 4) is 12.3 Å². The fourth-order valence-corrected chi connectivity index (χ4v) is 7.64. The van der Waals surface area contributed by atoms with Crippen LogP contribution in [0, 0.1) is 23.2 Å². The molecule has 0 aromatic rings. The average Bonchev–Trinajstić information content (AvgIpc) is 3.63. The lowest BCUT2D eigenvalue weighted by molar-refractivity contribution is -0.147. The summed E-state index contributed by atoms with van der Waals surface area (Å²) in [6.07, 6.45) is -5.68. The quantitative estimate of drug-likeness (QED) is 0.0117. The van der Waals surface area contributed by atoms with Gasteiger partial charge in [0.25, 0.3) is 0 Å². The second-order valence-corrected chi connectivity index (χ2v) is 17.6. The minimum Gasteiger partial charge on any atom is -0.477 e. The maximum atomic E-state index is 13.3. The van der Waals surface area contributed by atoms with Gasteiger partial charge in [-0.2, -0.15) is 0 Å². The highest BCUT2D eigenvalue weighted by Crippen LogP contribution is 2.27. The number of aliphatic hydroxyl groups excluding tert-OH is 4. The van der Waals surface area contributed by atoms with E-state index in [0.29, 0.717) is 26.4 Å². The van der Waals surface area contributed by atoms with Gasteiger partial charge in [0.2, 0.25) is 29.2 Å². The van der Waals surface area contributed by atoms with Gasteiger partial charge in [-0.15, -0.1) is 6.42 Å². The number of carboxylic acid groups (broad SMARTS) is 2. The number of nitrogens with one attached hydrogen (secondary N) is 8. The first-order valence-electron chi connectivity index (χ1n) is 25.8. The molecule has 0 spiro atoms. The molecular formula is C48H79N11O24. The van der Waals surface area contributed by atoms with Crippen LogP contribution in [0.5, 0.6) is 0 Å². The van der Waals surface area contributed by atoms with Crippen LogP contribution in [0.4, 0.5) is 9.59 Å². The Kier molecular flexibility index (Phi) is 35.2. The largest absolute Gasteiger partial charge is 0.477 e. The summed E-state index contributed by atoms with van der Waals surface area (Å²) < 4.78 is 60.1. The van der Waals surface area contributed by atoms with Crippen LogP contribution in [-0.4, -0.2) is 282 Å². The number of rotatable bonds is 42. The van der Waals surface area contributed by atoms with Crippen molar-refractivity contribution in [3.05, 3.63) is 23.7 Å². The first-order valence-corrected chi connectivity index (χ1v) is 25.8. The molecule has 2 rings (SSSR count). The van der Waals surface area contributed by atoms with E-state index in [1.54, 1.807) is 0 Å². The van der Waals surface area contributed by atoms with Gasteiger partial charge in [0.05, 0.1) is 130 Å².